The molecule has 0 aliphatic rings. The molecule has 0 bridgehead atoms. The van der Waals surface area contributed by atoms with E-state index in [0.717, 1.165) is 16.8 Å². The van der Waals surface area contributed by atoms with Crippen molar-refractivity contribution in [3.8, 4) is 11.3 Å². The molecule has 1 aromatic heterocycles. The van der Waals surface area contributed by atoms with Crippen LogP contribution >= 0.6 is 11.8 Å². The van der Waals surface area contributed by atoms with Crippen LogP contribution in [0, 0.1) is 17.0 Å². The smallest absolute Gasteiger partial charge is 0.269 e. The zero-order valence-electron chi connectivity index (χ0n) is 15.0. The van der Waals surface area contributed by atoms with Crippen molar-refractivity contribution < 1.29 is 13.3 Å². The molecule has 2 N–H and O–H groups in total. The number of aryl methyl sites for hydroxylation is 1. The molecule has 3 aromatic rings. The maximum atomic E-state index is 12.2. The Morgan fingerprint density at radius 3 is 2.46 bits per heavy atom. The number of non-ortho nitro benzene ring substituents is 1. The zero-order chi connectivity index (χ0) is 20.1. The monoisotopic (exact) mass is 418 g/mol. The molecule has 10 heteroatoms. The van der Waals surface area contributed by atoms with Gasteiger partial charge in [0.15, 0.2) is 5.16 Å². The van der Waals surface area contributed by atoms with Gasteiger partial charge in [-0.3, -0.25) is 10.1 Å². The highest BCUT2D eigenvalue weighted by Crippen LogP contribution is 2.23. The fraction of sp³-hybridized carbons (Fsp3) is 0.167. The highest BCUT2D eigenvalue weighted by Gasteiger charge is 2.13. The lowest BCUT2D eigenvalue weighted by molar-refractivity contribution is -0.384. The van der Waals surface area contributed by atoms with E-state index in [9.17, 15) is 18.5 Å². The van der Waals surface area contributed by atoms with Gasteiger partial charge in [0.05, 0.1) is 21.7 Å². The largest absolute Gasteiger partial charge is 0.333 e. The minimum Gasteiger partial charge on any atom is -0.333 e. The van der Waals surface area contributed by atoms with E-state index in [0.29, 0.717) is 10.9 Å². The Hall–Kier alpha value is -2.69. The first-order chi connectivity index (χ1) is 13.3. The van der Waals surface area contributed by atoms with Crippen LogP contribution in [0.2, 0.25) is 0 Å². The summed E-state index contributed by atoms with van der Waals surface area (Å²) in [6, 6.07) is 12.8. The van der Waals surface area contributed by atoms with Gasteiger partial charge in [0.25, 0.3) is 5.69 Å². The van der Waals surface area contributed by atoms with E-state index < -0.39 is 14.9 Å². The number of hydrogen-bond acceptors (Lipinski definition) is 6. The summed E-state index contributed by atoms with van der Waals surface area (Å²) >= 11 is 1.38. The minimum absolute atomic E-state index is 0.0266. The Labute approximate surface area is 166 Å². The van der Waals surface area contributed by atoms with Crippen LogP contribution in [0.3, 0.4) is 0 Å². The lowest BCUT2D eigenvalue weighted by Crippen LogP contribution is -2.26. The summed E-state index contributed by atoms with van der Waals surface area (Å²) in [5, 5.41) is 11.4. The van der Waals surface area contributed by atoms with Crippen molar-refractivity contribution in [1.82, 2.24) is 14.7 Å². The van der Waals surface area contributed by atoms with Crippen LogP contribution in [0.5, 0.6) is 0 Å². The average Bonchev–Trinajstić information content (AvgIpc) is 3.15. The summed E-state index contributed by atoms with van der Waals surface area (Å²) in [6.07, 6.45) is 1.64. The van der Waals surface area contributed by atoms with Gasteiger partial charge in [-0.1, -0.05) is 29.5 Å². The van der Waals surface area contributed by atoms with Crippen LogP contribution in [0.4, 0.5) is 5.69 Å². The molecule has 0 saturated heterocycles. The molecule has 0 atom stereocenters. The van der Waals surface area contributed by atoms with Crippen LogP contribution < -0.4 is 4.72 Å². The lowest BCUT2D eigenvalue weighted by atomic mass is 10.1. The molecular formula is C18H18N4O4S2. The van der Waals surface area contributed by atoms with Gasteiger partial charge in [-0.2, -0.15) is 0 Å². The first-order valence-electron chi connectivity index (χ1n) is 8.34. The van der Waals surface area contributed by atoms with Crippen molar-refractivity contribution in [2.24, 2.45) is 0 Å². The van der Waals surface area contributed by atoms with E-state index in [1.165, 1.54) is 23.9 Å². The van der Waals surface area contributed by atoms with Crippen molar-refractivity contribution in [2.45, 2.75) is 17.0 Å². The van der Waals surface area contributed by atoms with Crippen molar-refractivity contribution in [3.63, 3.8) is 0 Å². The molecule has 0 fully saturated rings. The predicted molar refractivity (Wildman–Crippen MR) is 108 cm³/mol. The number of rotatable bonds is 8. The molecule has 146 valence electrons. The Balaban J connectivity index is 1.53. The quantitative estimate of drug-likeness (QED) is 0.251. The Kier molecular flexibility index (Phi) is 6.12. The molecule has 0 saturated carbocycles. The van der Waals surface area contributed by atoms with E-state index in [2.05, 4.69) is 14.7 Å². The van der Waals surface area contributed by atoms with Crippen LogP contribution in [-0.4, -0.2) is 35.6 Å². The summed E-state index contributed by atoms with van der Waals surface area (Å²) in [6.45, 7) is 2.16. The molecule has 28 heavy (non-hydrogen) atoms. The summed E-state index contributed by atoms with van der Waals surface area (Å²) < 4.78 is 27.0. The fourth-order valence-corrected chi connectivity index (χ4v) is 4.28. The normalized spacial score (nSPS) is 11.5. The number of aromatic nitrogens is 2. The Morgan fingerprint density at radius 1 is 1.14 bits per heavy atom. The molecule has 8 nitrogen and oxygen atoms in total. The predicted octanol–water partition coefficient (Wildman–Crippen LogP) is 3.36. The van der Waals surface area contributed by atoms with Gasteiger partial charge >= 0.3 is 0 Å². The highest BCUT2D eigenvalue weighted by molar-refractivity contribution is 7.99. The number of aromatic amines is 1. The van der Waals surface area contributed by atoms with Gasteiger partial charge in [-0.05, 0) is 31.2 Å². The third-order valence-corrected chi connectivity index (χ3v) is 6.27. The number of hydrogen-bond donors (Lipinski definition) is 2. The van der Waals surface area contributed by atoms with Gasteiger partial charge in [0.2, 0.25) is 10.0 Å². The summed E-state index contributed by atoms with van der Waals surface area (Å²) in [4.78, 5) is 17.9. The van der Waals surface area contributed by atoms with Gasteiger partial charge < -0.3 is 4.98 Å². The van der Waals surface area contributed by atoms with E-state index in [-0.39, 0.29) is 17.1 Å². The average molecular weight is 419 g/mol. The van der Waals surface area contributed by atoms with Crippen LogP contribution in [0.1, 0.15) is 5.56 Å². The fourth-order valence-electron chi connectivity index (χ4n) is 2.41. The molecule has 0 aliphatic carbocycles. The zero-order valence-corrected chi connectivity index (χ0v) is 16.6. The van der Waals surface area contributed by atoms with Crippen molar-refractivity contribution in [1.29, 1.82) is 0 Å². The van der Waals surface area contributed by atoms with Crippen molar-refractivity contribution in [3.05, 3.63) is 70.4 Å². The molecule has 0 amide bonds. The van der Waals surface area contributed by atoms with Crippen molar-refractivity contribution in [2.75, 3.05) is 12.3 Å². The maximum Gasteiger partial charge on any atom is 0.269 e. The number of imidazole rings is 1. The van der Waals surface area contributed by atoms with Crippen LogP contribution in [0.15, 0.2) is 64.8 Å². The first kappa shape index (κ1) is 20.1. The molecule has 1 heterocycles. The molecule has 2 aromatic carbocycles. The second kappa shape index (κ2) is 8.55. The first-order valence-corrected chi connectivity index (χ1v) is 10.8. The Bertz CT molecular complexity index is 1060. The standard InChI is InChI=1S/C18H18N4O4S2/c1-13-2-8-16(9-3-13)28(25,26)20-10-11-27-18-19-12-17(21-18)14-4-6-15(7-5-14)22(23)24/h2-9,12,20H,10-11H2,1H3,(H,19,21). The number of sulfonamides is 1. The molecule has 0 aliphatic heterocycles. The second-order valence-electron chi connectivity index (χ2n) is 5.97. The number of nitrogens with one attached hydrogen (secondary N) is 2. The number of nitrogens with zero attached hydrogens (tertiary/aromatic N) is 2. The molecule has 0 spiro atoms. The van der Waals surface area contributed by atoms with Gasteiger partial charge in [-0.25, -0.2) is 18.1 Å². The molecule has 0 radical (unpaired) electrons. The third kappa shape index (κ3) is 4.97. The number of benzene rings is 2. The number of nitro benzene ring substituents is 1. The van der Waals surface area contributed by atoms with E-state index in [4.69, 9.17) is 0 Å². The number of thioether (sulfide) groups is 1. The Morgan fingerprint density at radius 2 is 1.82 bits per heavy atom. The highest BCUT2D eigenvalue weighted by atomic mass is 32.2. The summed E-state index contributed by atoms with van der Waals surface area (Å²) in [7, 11) is -3.53. The third-order valence-electron chi connectivity index (χ3n) is 3.91. The maximum absolute atomic E-state index is 12.2. The minimum atomic E-state index is -3.53. The SMILES string of the molecule is Cc1ccc(S(=O)(=O)NCCSc2ncc(-c3ccc([N+](=O)[O-])cc3)[nH]2)cc1. The van der Waals surface area contributed by atoms with Crippen molar-refractivity contribution >= 4 is 27.5 Å². The number of nitro groups is 1. The van der Waals surface area contributed by atoms with E-state index in [1.807, 2.05) is 6.92 Å². The lowest BCUT2D eigenvalue weighted by Gasteiger charge is -2.06. The summed E-state index contributed by atoms with van der Waals surface area (Å²) in [5.74, 6) is 0.498. The van der Waals surface area contributed by atoms with Gasteiger partial charge in [0.1, 0.15) is 0 Å². The van der Waals surface area contributed by atoms with Crippen LogP contribution in [0.25, 0.3) is 11.3 Å². The van der Waals surface area contributed by atoms with Crippen LogP contribution in [-0.2, 0) is 10.0 Å². The summed E-state index contributed by atoms with van der Waals surface area (Å²) in [5.41, 5.74) is 2.54. The molecular weight excluding hydrogens is 400 g/mol. The second-order valence-corrected chi connectivity index (χ2v) is 8.82. The number of H-pyrrole nitrogens is 1. The van der Waals surface area contributed by atoms with Gasteiger partial charge in [0, 0.05) is 30.0 Å². The van der Waals surface area contributed by atoms with E-state index >= 15 is 0 Å². The topological polar surface area (TPSA) is 118 Å². The van der Waals surface area contributed by atoms with Gasteiger partial charge in [-0.15, -0.1) is 0 Å². The molecule has 0 unspecified atom stereocenters. The molecule has 3 rings (SSSR count). The van der Waals surface area contributed by atoms with E-state index in [1.54, 1.807) is 42.6 Å².